The third kappa shape index (κ3) is 3.83. The number of hydrogen-bond donors (Lipinski definition) is 1. The van der Waals surface area contributed by atoms with E-state index in [0.29, 0.717) is 29.8 Å². The molecule has 2 aromatic rings. The van der Waals surface area contributed by atoms with Gasteiger partial charge in [0, 0.05) is 25.1 Å². The van der Waals surface area contributed by atoms with Crippen molar-refractivity contribution in [2.45, 2.75) is 38.5 Å². The Labute approximate surface area is 177 Å². The molecule has 0 spiro atoms. The Morgan fingerprint density at radius 3 is 2.58 bits per heavy atom. The largest absolute Gasteiger partial charge is 0.435 e. The number of hydrogen-bond acceptors (Lipinski definition) is 4. The first-order valence-electron chi connectivity index (χ1n) is 9.88. The Balaban J connectivity index is 1.46. The molecular formula is C22H21F2N3O4. The summed E-state index contributed by atoms with van der Waals surface area (Å²) in [6.07, 6.45) is 0.827. The highest BCUT2D eigenvalue weighted by molar-refractivity contribution is 6.10. The van der Waals surface area contributed by atoms with Gasteiger partial charge < -0.3 is 15.0 Å². The monoisotopic (exact) mass is 429 g/mol. The van der Waals surface area contributed by atoms with E-state index in [9.17, 15) is 23.2 Å². The summed E-state index contributed by atoms with van der Waals surface area (Å²) in [5.74, 6) is -0.619. The van der Waals surface area contributed by atoms with Crippen LogP contribution in [0.3, 0.4) is 0 Å². The minimum atomic E-state index is -2.92. The summed E-state index contributed by atoms with van der Waals surface area (Å²) < 4.78 is 28.7. The summed E-state index contributed by atoms with van der Waals surface area (Å²) in [5.41, 5.74) is 0.636. The van der Waals surface area contributed by atoms with Crippen LogP contribution in [0.1, 0.15) is 36.5 Å². The molecule has 2 aliphatic rings. The molecule has 0 aromatic heterocycles. The lowest BCUT2D eigenvalue weighted by atomic mass is 9.98. The van der Waals surface area contributed by atoms with E-state index in [4.69, 9.17) is 0 Å². The van der Waals surface area contributed by atoms with Gasteiger partial charge in [0.05, 0.1) is 11.3 Å². The molecule has 0 saturated carbocycles. The number of carbonyl (C=O) groups is 3. The highest BCUT2D eigenvalue weighted by Gasteiger charge is 2.52. The number of alkyl halides is 2. The maximum Gasteiger partial charge on any atom is 0.387 e. The zero-order chi connectivity index (χ0) is 22.2. The Bertz CT molecular complexity index is 1030. The summed E-state index contributed by atoms with van der Waals surface area (Å²) in [4.78, 5) is 41.4. The fourth-order valence-corrected chi connectivity index (χ4v) is 4.20. The van der Waals surface area contributed by atoms with Crippen LogP contribution in [0.5, 0.6) is 5.75 Å². The highest BCUT2D eigenvalue weighted by Crippen LogP contribution is 2.43. The minimum Gasteiger partial charge on any atom is -0.435 e. The van der Waals surface area contributed by atoms with Crippen molar-refractivity contribution in [1.29, 1.82) is 0 Å². The summed E-state index contributed by atoms with van der Waals surface area (Å²) in [6.45, 7) is -0.951. The Morgan fingerprint density at radius 2 is 1.87 bits per heavy atom. The lowest BCUT2D eigenvalue weighted by Gasteiger charge is -2.48. The molecule has 0 radical (unpaired) electrons. The molecule has 4 rings (SSSR count). The van der Waals surface area contributed by atoms with E-state index in [1.807, 2.05) is 6.92 Å². The maximum absolute atomic E-state index is 13.1. The van der Waals surface area contributed by atoms with Crippen molar-refractivity contribution >= 4 is 29.1 Å². The second-order valence-electron chi connectivity index (χ2n) is 7.62. The van der Waals surface area contributed by atoms with E-state index >= 15 is 0 Å². The SMILES string of the molecule is C[C@]12CCC(=O)N1c1ccccc1C(=O)N2CCC(=O)Nc1ccc(OC(F)F)cc1. The van der Waals surface area contributed by atoms with Gasteiger partial charge in [0.2, 0.25) is 11.8 Å². The molecule has 3 amide bonds. The van der Waals surface area contributed by atoms with E-state index in [2.05, 4.69) is 10.1 Å². The van der Waals surface area contributed by atoms with Gasteiger partial charge in [0.1, 0.15) is 11.4 Å². The van der Waals surface area contributed by atoms with Crippen molar-refractivity contribution in [3.05, 3.63) is 54.1 Å². The van der Waals surface area contributed by atoms with Crippen LogP contribution in [0.2, 0.25) is 0 Å². The van der Waals surface area contributed by atoms with E-state index in [1.165, 1.54) is 24.3 Å². The molecule has 1 atom stereocenters. The van der Waals surface area contributed by atoms with Gasteiger partial charge in [0.25, 0.3) is 5.91 Å². The Hall–Kier alpha value is -3.49. The third-order valence-electron chi connectivity index (χ3n) is 5.67. The summed E-state index contributed by atoms with van der Waals surface area (Å²) >= 11 is 0. The molecule has 0 bridgehead atoms. The highest BCUT2D eigenvalue weighted by atomic mass is 19.3. The topological polar surface area (TPSA) is 79.0 Å². The summed E-state index contributed by atoms with van der Waals surface area (Å²) in [7, 11) is 0. The van der Waals surface area contributed by atoms with Crippen LogP contribution in [0.25, 0.3) is 0 Å². The Kier molecular flexibility index (Phi) is 5.34. The quantitative estimate of drug-likeness (QED) is 0.761. The minimum absolute atomic E-state index is 0.00973. The zero-order valence-corrected chi connectivity index (χ0v) is 16.8. The standard InChI is InChI=1S/C22H21F2N3O4/c1-22-12-10-19(29)27(22)17-5-3-2-4-16(17)20(30)26(22)13-11-18(28)25-14-6-8-15(9-7-14)31-21(23)24/h2-9,21H,10-13H2,1H3,(H,25,28)/t22-/m1/s1. The van der Waals surface area contributed by atoms with Crippen molar-refractivity contribution in [2.24, 2.45) is 0 Å². The van der Waals surface area contributed by atoms with Gasteiger partial charge in [-0.05, 0) is 49.7 Å². The maximum atomic E-state index is 13.1. The van der Waals surface area contributed by atoms with Crippen molar-refractivity contribution in [2.75, 3.05) is 16.8 Å². The van der Waals surface area contributed by atoms with Gasteiger partial charge in [-0.1, -0.05) is 12.1 Å². The van der Waals surface area contributed by atoms with Gasteiger partial charge in [-0.2, -0.15) is 8.78 Å². The summed E-state index contributed by atoms with van der Waals surface area (Å²) in [6, 6.07) is 12.5. The Morgan fingerprint density at radius 1 is 1.16 bits per heavy atom. The number of amides is 3. The number of fused-ring (bicyclic) bond motifs is 3. The molecule has 1 saturated heterocycles. The van der Waals surface area contributed by atoms with Crippen LogP contribution in [0.4, 0.5) is 20.2 Å². The zero-order valence-electron chi connectivity index (χ0n) is 16.8. The van der Waals surface area contributed by atoms with Gasteiger partial charge >= 0.3 is 6.61 Å². The first-order chi connectivity index (χ1) is 14.8. The number of halogens is 2. The molecule has 2 aromatic carbocycles. The lowest BCUT2D eigenvalue weighted by molar-refractivity contribution is -0.117. The van der Waals surface area contributed by atoms with Crippen molar-refractivity contribution < 1.29 is 27.9 Å². The molecule has 1 N–H and O–H groups in total. The lowest BCUT2D eigenvalue weighted by Crippen LogP contribution is -2.62. The molecule has 2 heterocycles. The van der Waals surface area contributed by atoms with E-state index in [0.717, 1.165) is 0 Å². The van der Waals surface area contributed by atoms with E-state index < -0.39 is 12.3 Å². The van der Waals surface area contributed by atoms with Gasteiger partial charge in [-0.3, -0.25) is 19.3 Å². The number of anilines is 2. The molecule has 31 heavy (non-hydrogen) atoms. The summed E-state index contributed by atoms with van der Waals surface area (Å²) in [5, 5.41) is 2.68. The number of rotatable bonds is 6. The molecular weight excluding hydrogens is 408 g/mol. The number of ether oxygens (including phenoxy) is 1. The van der Waals surface area contributed by atoms with Crippen molar-refractivity contribution in [1.82, 2.24) is 4.90 Å². The average molecular weight is 429 g/mol. The molecule has 0 unspecified atom stereocenters. The number of carbonyl (C=O) groups excluding carboxylic acids is 3. The van der Waals surface area contributed by atoms with Crippen molar-refractivity contribution in [3.63, 3.8) is 0 Å². The average Bonchev–Trinajstić information content (AvgIpc) is 3.04. The van der Waals surface area contributed by atoms with Crippen LogP contribution >= 0.6 is 0 Å². The van der Waals surface area contributed by atoms with E-state index in [1.54, 1.807) is 34.1 Å². The molecule has 0 aliphatic carbocycles. The van der Waals surface area contributed by atoms with Gasteiger partial charge in [-0.15, -0.1) is 0 Å². The molecule has 1 fully saturated rings. The number of nitrogens with one attached hydrogen (secondary N) is 1. The fraction of sp³-hybridized carbons (Fsp3) is 0.318. The fourth-order valence-electron chi connectivity index (χ4n) is 4.20. The third-order valence-corrected chi connectivity index (χ3v) is 5.67. The van der Waals surface area contributed by atoms with Crippen LogP contribution in [-0.2, 0) is 9.59 Å². The van der Waals surface area contributed by atoms with Crippen molar-refractivity contribution in [3.8, 4) is 5.75 Å². The smallest absolute Gasteiger partial charge is 0.387 e. The first-order valence-corrected chi connectivity index (χ1v) is 9.88. The van der Waals surface area contributed by atoms with E-state index in [-0.39, 0.29) is 36.4 Å². The second-order valence-corrected chi connectivity index (χ2v) is 7.62. The van der Waals surface area contributed by atoms with Crippen LogP contribution in [-0.4, -0.2) is 41.4 Å². The molecule has 9 heteroatoms. The molecule has 7 nitrogen and oxygen atoms in total. The van der Waals surface area contributed by atoms with Gasteiger partial charge in [0.15, 0.2) is 0 Å². The normalized spacial score (nSPS) is 20.0. The number of nitrogens with zero attached hydrogens (tertiary/aromatic N) is 2. The van der Waals surface area contributed by atoms with Crippen LogP contribution < -0.4 is 15.0 Å². The van der Waals surface area contributed by atoms with Crippen LogP contribution in [0, 0.1) is 0 Å². The predicted octanol–water partition coefficient (Wildman–Crippen LogP) is 3.62. The predicted molar refractivity (Wildman–Crippen MR) is 109 cm³/mol. The van der Waals surface area contributed by atoms with Gasteiger partial charge in [-0.25, -0.2) is 0 Å². The molecule has 162 valence electrons. The van der Waals surface area contributed by atoms with Crippen LogP contribution in [0.15, 0.2) is 48.5 Å². The molecule has 2 aliphatic heterocycles. The number of benzene rings is 2. The second kappa shape index (κ2) is 7.98. The number of para-hydroxylation sites is 1. The first kappa shape index (κ1) is 20.8.